The summed E-state index contributed by atoms with van der Waals surface area (Å²) in [5.74, 6) is 0.612. The Hall–Kier alpha value is -1.92. The molecule has 112 valence electrons. The van der Waals surface area contributed by atoms with Gasteiger partial charge in [-0.25, -0.2) is 0 Å². The van der Waals surface area contributed by atoms with Crippen LogP contribution in [0.5, 0.6) is 0 Å². The van der Waals surface area contributed by atoms with E-state index in [2.05, 4.69) is 10.00 Å². The van der Waals surface area contributed by atoms with Gasteiger partial charge in [-0.3, -0.25) is 19.6 Å². The molecule has 0 radical (unpaired) electrons. The van der Waals surface area contributed by atoms with Crippen LogP contribution in [-0.2, 0) is 4.79 Å². The number of carbonyl (C=O) groups excluding carboxylic acids is 1. The maximum Gasteiger partial charge on any atom is 0.307 e. The van der Waals surface area contributed by atoms with Crippen molar-refractivity contribution in [1.29, 1.82) is 0 Å². The first-order valence-corrected chi connectivity index (χ1v) is 7.56. The second-order valence-corrected chi connectivity index (χ2v) is 6.61. The zero-order valence-electron chi connectivity index (χ0n) is 11.7. The predicted octanol–water partition coefficient (Wildman–Crippen LogP) is 1.90. The van der Waals surface area contributed by atoms with Gasteiger partial charge in [0.2, 0.25) is 6.41 Å². The van der Waals surface area contributed by atoms with E-state index < -0.39 is 4.92 Å². The third kappa shape index (κ3) is 1.79. The van der Waals surface area contributed by atoms with E-state index in [1.165, 1.54) is 25.2 Å². The molecular formula is C14H18N4O3. The zero-order valence-corrected chi connectivity index (χ0v) is 11.7. The third-order valence-corrected chi connectivity index (χ3v) is 5.57. The van der Waals surface area contributed by atoms with E-state index in [-0.39, 0.29) is 23.3 Å². The monoisotopic (exact) mass is 290 g/mol. The molecule has 7 nitrogen and oxygen atoms in total. The first kappa shape index (κ1) is 12.8. The van der Waals surface area contributed by atoms with Crippen LogP contribution in [0.3, 0.4) is 0 Å². The molecule has 2 saturated heterocycles. The molecule has 1 saturated carbocycles. The quantitative estimate of drug-likeness (QED) is 0.482. The van der Waals surface area contributed by atoms with Gasteiger partial charge in [-0.2, -0.15) is 5.10 Å². The van der Waals surface area contributed by atoms with Gasteiger partial charge in [0.1, 0.15) is 12.4 Å². The molecule has 4 rings (SSSR count). The molecule has 1 aliphatic carbocycles. The van der Waals surface area contributed by atoms with E-state index in [9.17, 15) is 14.9 Å². The molecule has 0 spiro atoms. The number of piperidine rings is 1. The van der Waals surface area contributed by atoms with E-state index in [1.54, 1.807) is 4.68 Å². The normalized spacial score (nSPS) is 35.0. The van der Waals surface area contributed by atoms with Gasteiger partial charge < -0.3 is 4.90 Å². The highest BCUT2D eigenvalue weighted by Crippen LogP contribution is 2.57. The highest BCUT2D eigenvalue weighted by Gasteiger charge is 2.58. The summed E-state index contributed by atoms with van der Waals surface area (Å²) >= 11 is 0. The van der Waals surface area contributed by atoms with Crippen LogP contribution in [0.4, 0.5) is 5.69 Å². The highest BCUT2D eigenvalue weighted by atomic mass is 16.6. The van der Waals surface area contributed by atoms with Crippen molar-refractivity contribution in [2.45, 2.75) is 56.1 Å². The smallest absolute Gasteiger partial charge is 0.307 e. The Kier molecular flexibility index (Phi) is 2.61. The van der Waals surface area contributed by atoms with Gasteiger partial charge in [-0.1, -0.05) is 0 Å². The largest absolute Gasteiger partial charge is 0.336 e. The van der Waals surface area contributed by atoms with Crippen molar-refractivity contribution >= 4 is 12.1 Å². The number of fused-ring (bicyclic) bond motifs is 2. The fourth-order valence-corrected chi connectivity index (χ4v) is 4.51. The predicted molar refractivity (Wildman–Crippen MR) is 73.5 cm³/mol. The lowest BCUT2D eigenvalue weighted by atomic mass is 9.81. The average molecular weight is 290 g/mol. The Morgan fingerprint density at radius 3 is 2.81 bits per heavy atom. The fourth-order valence-electron chi connectivity index (χ4n) is 4.51. The SMILES string of the molecule is O=CN1C2CCC1(C1CC1)CC(n1cc([N+](=O)[O-])cn1)C2. The number of nitro groups is 1. The van der Waals surface area contributed by atoms with Crippen LogP contribution in [0.15, 0.2) is 12.4 Å². The molecule has 1 aromatic rings. The van der Waals surface area contributed by atoms with Crippen LogP contribution in [-0.4, -0.2) is 37.6 Å². The Balaban J connectivity index is 1.64. The van der Waals surface area contributed by atoms with E-state index in [1.807, 2.05) is 0 Å². The molecule has 2 bridgehead atoms. The van der Waals surface area contributed by atoms with Crippen molar-refractivity contribution in [3.63, 3.8) is 0 Å². The molecule has 3 heterocycles. The first-order chi connectivity index (χ1) is 10.1. The molecule has 3 unspecified atom stereocenters. The molecule has 2 aliphatic heterocycles. The highest BCUT2D eigenvalue weighted by molar-refractivity contribution is 5.52. The van der Waals surface area contributed by atoms with Gasteiger partial charge in [0, 0.05) is 11.6 Å². The number of aromatic nitrogens is 2. The van der Waals surface area contributed by atoms with Crippen LogP contribution < -0.4 is 0 Å². The summed E-state index contributed by atoms with van der Waals surface area (Å²) in [5, 5.41) is 15.0. The van der Waals surface area contributed by atoms with E-state index in [4.69, 9.17) is 0 Å². The van der Waals surface area contributed by atoms with Crippen molar-refractivity contribution in [3.8, 4) is 0 Å². The van der Waals surface area contributed by atoms with Gasteiger partial charge in [0.15, 0.2) is 0 Å². The third-order valence-electron chi connectivity index (χ3n) is 5.57. The first-order valence-electron chi connectivity index (χ1n) is 7.56. The zero-order chi connectivity index (χ0) is 14.6. The summed E-state index contributed by atoms with van der Waals surface area (Å²) in [6.07, 6.45) is 10.1. The number of nitrogens with zero attached hydrogens (tertiary/aromatic N) is 4. The number of carbonyl (C=O) groups is 1. The van der Waals surface area contributed by atoms with Crippen LogP contribution in [0.1, 0.15) is 44.6 Å². The standard InChI is InChI=1S/C14H18N4O3/c19-9-16-11-3-4-14(16,10-1-2-10)6-12(5-11)17-8-13(7-15-17)18(20)21/h7-12H,1-6H2. The van der Waals surface area contributed by atoms with Crippen molar-refractivity contribution in [2.75, 3.05) is 0 Å². The molecule has 7 heteroatoms. The minimum atomic E-state index is -0.407. The van der Waals surface area contributed by atoms with Gasteiger partial charge in [0.25, 0.3) is 0 Å². The van der Waals surface area contributed by atoms with Crippen molar-refractivity contribution < 1.29 is 9.72 Å². The molecule has 3 aliphatic rings. The molecule has 0 N–H and O–H groups in total. The summed E-state index contributed by atoms with van der Waals surface area (Å²) < 4.78 is 1.75. The lowest BCUT2D eigenvalue weighted by Gasteiger charge is -2.46. The van der Waals surface area contributed by atoms with Gasteiger partial charge in [-0.15, -0.1) is 0 Å². The summed E-state index contributed by atoms with van der Waals surface area (Å²) in [6, 6.07) is 0.438. The maximum absolute atomic E-state index is 11.5. The lowest BCUT2D eigenvalue weighted by molar-refractivity contribution is -0.385. The van der Waals surface area contributed by atoms with Gasteiger partial charge >= 0.3 is 5.69 Å². The fraction of sp³-hybridized carbons (Fsp3) is 0.714. The van der Waals surface area contributed by atoms with Crippen LogP contribution in [0.2, 0.25) is 0 Å². The molecule has 1 amide bonds. The maximum atomic E-state index is 11.5. The van der Waals surface area contributed by atoms with Crippen molar-refractivity contribution in [3.05, 3.63) is 22.5 Å². The molecule has 0 aromatic carbocycles. The summed E-state index contributed by atoms with van der Waals surface area (Å²) in [5.41, 5.74) is 0.0245. The topological polar surface area (TPSA) is 81.3 Å². The Labute approximate surface area is 122 Å². The Bertz CT molecular complexity index is 597. The number of rotatable bonds is 4. The number of amides is 1. The number of hydrogen-bond acceptors (Lipinski definition) is 4. The molecular weight excluding hydrogens is 272 g/mol. The summed E-state index contributed by atoms with van der Waals surface area (Å²) in [6.45, 7) is 0. The number of hydrogen-bond donors (Lipinski definition) is 0. The van der Waals surface area contributed by atoms with E-state index in [0.717, 1.165) is 32.1 Å². The molecule has 21 heavy (non-hydrogen) atoms. The second-order valence-electron chi connectivity index (χ2n) is 6.61. The van der Waals surface area contributed by atoms with Crippen LogP contribution >= 0.6 is 0 Å². The molecule has 3 atom stereocenters. The summed E-state index contributed by atoms with van der Waals surface area (Å²) in [7, 11) is 0. The van der Waals surface area contributed by atoms with Crippen LogP contribution in [0, 0.1) is 16.0 Å². The van der Waals surface area contributed by atoms with E-state index >= 15 is 0 Å². The Morgan fingerprint density at radius 2 is 2.19 bits per heavy atom. The van der Waals surface area contributed by atoms with Crippen molar-refractivity contribution in [1.82, 2.24) is 14.7 Å². The molecule has 1 aromatic heterocycles. The minimum absolute atomic E-state index is 0.0178. The second kappa shape index (κ2) is 4.29. The Morgan fingerprint density at radius 1 is 1.38 bits per heavy atom. The lowest BCUT2D eigenvalue weighted by Crippen LogP contribution is -2.53. The van der Waals surface area contributed by atoms with E-state index in [0.29, 0.717) is 5.92 Å². The van der Waals surface area contributed by atoms with Gasteiger partial charge in [0.05, 0.1) is 11.0 Å². The summed E-state index contributed by atoms with van der Waals surface area (Å²) in [4.78, 5) is 24.0. The van der Waals surface area contributed by atoms with Crippen molar-refractivity contribution in [2.24, 2.45) is 5.92 Å². The van der Waals surface area contributed by atoms with Crippen LogP contribution in [0.25, 0.3) is 0 Å². The minimum Gasteiger partial charge on any atom is -0.336 e. The van der Waals surface area contributed by atoms with Gasteiger partial charge in [-0.05, 0) is 44.4 Å². The molecule has 3 fully saturated rings. The average Bonchev–Trinajstić information content (AvgIpc) is 3.16.